The second-order valence-electron chi connectivity index (χ2n) is 4.43. The number of nitrogens with zero attached hydrogens (tertiary/aromatic N) is 2. The number of anilines is 1. The Morgan fingerprint density at radius 2 is 2.39 bits per heavy atom. The lowest BCUT2D eigenvalue weighted by Crippen LogP contribution is -2.41. The Morgan fingerprint density at radius 3 is 3.00 bits per heavy atom. The lowest BCUT2D eigenvalue weighted by Gasteiger charge is -2.27. The van der Waals surface area contributed by atoms with E-state index in [1.807, 2.05) is 6.92 Å². The van der Waals surface area contributed by atoms with Crippen molar-refractivity contribution >= 4 is 27.7 Å². The molecule has 5 nitrogen and oxygen atoms in total. The van der Waals surface area contributed by atoms with Crippen LogP contribution < -0.4 is 5.73 Å². The number of rotatable bonds is 2. The number of ether oxygens (including phenoxy) is 1. The molecule has 98 valence electrons. The van der Waals surface area contributed by atoms with Crippen LogP contribution in [-0.2, 0) is 4.74 Å². The van der Waals surface area contributed by atoms with E-state index in [0.717, 1.165) is 10.9 Å². The maximum atomic E-state index is 12.4. The second kappa shape index (κ2) is 5.24. The average molecular weight is 314 g/mol. The van der Waals surface area contributed by atoms with Crippen molar-refractivity contribution in [3.8, 4) is 0 Å². The van der Waals surface area contributed by atoms with Gasteiger partial charge >= 0.3 is 0 Å². The summed E-state index contributed by atoms with van der Waals surface area (Å²) in [4.78, 5) is 18.1. The van der Waals surface area contributed by atoms with E-state index in [4.69, 9.17) is 10.5 Å². The van der Waals surface area contributed by atoms with Gasteiger partial charge in [-0.15, -0.1) is 0 Å². The molecule has 2 heterocycles. The molecule has 0 radical (unpaired) electrons. The predicted octanol–water partition coefficient (Wildman–Crippen LogP) is 1.68. The number of likely N-dealkylation sites (N-methyl/N-ethyl adjacent to an activating group) is 1. The zero-order valence-corrected chi connectivity index (χ0v) is 12.0. The quantitative estimate of drug-likeness (QED) is 0.902. The van der Waals surface area contributed by atoms with E-state index >= 15 is 0 Å². The SMILES string of the molecule is CC1OCCC1N(C)C(=O)c1cc(Br)cnc1N. The van der Waals surface area contributed by atoms with Crippen molar-refractivity contribution in [3.05, 3.63) is 22.3 Å². The number of halogens is 1. The van der Waals surface area contributed by atoms with E-state index in [-0.39, 0.29) is 23.9 Å². The molecule has 0 aliphatic carbocycles. The molecular weight excluding hydrogens is 298 g/mol. The summed E-state index contributed by atoms with van der Waals surface area (Å²) in [6.45, 7) is 2.67. The molecule has 0 saturated carbocycles. The van der Waals surface area contributed by atoms with Crippen molar-refractivity contribution < 1.29 is 9.53 Å². The van der Waals surface area contributed by atoms with Crippen LogP contribution in [0, 0.1) is 0 Å². The number of pyridine rings is 1. The van der Waals surface area contributed by atoms with Gasteiger partial charge in [-0.2, -0.15) is 0 Å². The predicted molar refractivity (Wildman–Crippen MR) is 72.3 cm³/mol. The Kier molecular flexibility index (Phi) is 3.87. The molecular formula is C12H16BrN3O2. The van der Waals surface area contributed by atoms with Gasteiger partial charge in [-0.25, -0.2) is 4.98 Å². The number of carbonyl (C=O) groups excluding carboxylic acids is 1. The highest BCUT2D eigenvalue weighted by Gasteiger charge is 2.31. The first kappa shape index (κ1) is 13.3. The molecule has 1 fully saturated rings. The lowest BCUT2D eigenvalue weighted by molar-refractivity contribution is 0.0575. The zero-order valence-electron chi connectivity index (χ0n) is 10.4. The summed E-state index contributed by atoms with van der Waals surface area (Å²) in [6.07, 6.45) is 2.48. The molecule has 0 aromatic carbocycles. The number of amides is 1. The van der Waals surface area contributed by atoms with Crippen LogP contribution in [0.2, 0.25) is 0 Å². The molecule has 6 heteroatoms. The van der Waals surface area contributed by atoms with E-state index in [0.29, 0.717) is 12.2 Å². The van der Waals surface area contributed by atoms with Gasteiger partial charge in [0.1, 0.15) is 5.82 Å². The van der Waals surface area contributed by atoms with Gasteiger partial charge in [0.2, 0.25) is 0 Å². The molecule has 1 amide bonds. The summed E-state index contributed by atoms with van der Waals surface area (Å²) in [6, 6.07) is 1.79. The fraction of sp³-hybridized carbons (Fsp3) is 0.500. The summed E-state index contributed by atoms with van der Waals surface area (Å²) < 4.78 is 6.22. The van der Waals surface area contributed by atoms with Crippen LogP contribution in [-0.4, -0.2) is 41.6 Å². The number of carbonyl (C=O) groups is 1. The van der Waals surface area contributed by atoms with Gasteiger partial charge in [-0.05, 0) is 35.3 Å². The van der Waals surface area contributed by atoms with E-state index in [9.17, 15) is 4.79 Å². The minimum Gasteiger partial charge on any atom is -0.383 e. The maximum Gasteiger partial charge on any atom is 0.257 e. The van der Waals surface area contributed by atoms with Crippen molar-refractivity contribution in [2.45, 2.75) is 25.5 Å². The molecule has 1 aromatic rings. The number of aromatic nitrogens is 1. The summed E-state index contributed by atoms with van der Waals surface area (Å²) in [7, 11) is 1.78. The van der Waals surface area contributed by atoms with Crippen LogP contribution in [0.15, 0.2) is 16.7 Å². The second-order valence-corrected chi connectivity index (χ2v) is 5.35. The molecule has 2 unspecified atom stereocenters. The zero-order chi connectivity index (χ0) is 13.3. The molecule has 2 atom stereocenters. The van der Waals surface area contributed by atoms with Crippen LogP contribution in [0.5, 0.6) is 0 Å². The highest BCUT2D eigenvalue weighted by atomic mass is 79.9. The molecule has 1 aromatic heterocycles. The van der Waals surface area contributed by atoms with Crippen LogP contribution in [0.4, 0.5) is 5.82 Å². The first-order valence-electron chi connectivity index (χ1n) is 5.80. The van der Waals surface area contributed by atoms with Crippen molar-refractivity contribution in [3.63, 3.8) is 0 Å². The standard InChI is InChI=1S/C12H16BrN3O2/c1-7-10(3-4-18-7)16(2)12(17)9-5-8(13)6-15-11(9)14/h5-7,10H,3-4H2,1-2H3,(H2,14,15). The minimum absolute atomic E-state index is 0.0558. The molecule has 0 bridgehead atoms. The van der Waals surface area contributed by atoms with Gasteiger partial charge in [-0.1, -0.05) is 0 Å². The van der Waals surface area contributed by atoms with E-state index in [1.165, 1.54) is 0 Å². The van der Waals surface area contributed by atoms with Crippen molar-refractivity contribution in [1.29, 1.82) is 0 Å². The molecule has 1 saturated heterocycles. The number of nitrogens with two attached hydrogens (primary N) is 1. The van der Waals surface area contributed by atoms with Crippen LogP contribution >= 0.6 is 15.9 Å². The number of hydrogen-bond donors (Lipinski definition) is 1. The summed E-state index contributed by atoms with van der Waals surface area (Å²) in [5.74, 6) is 0.130. The molecule has 1 aliphatic rings. The number of hydrogen-bond acceptors (Lipinski definition) is 4. The molecule has 18 heavy (non-hydrogen) atoms. The Morgan fingerprint density at radius 1 is 1.67 bits per heavy atom. The first-order valence-corrected chi connectivity index (χ1v) is 6.59. The first-order chi connectivity index (χ1) is 8.50. The Hall–Kier alpha value is -1.14. The van der Waals surface area contributed by atoms with Crippen molar-refractivity contribution in [2.75, 3.05) is 19.4 Å². The number of nitrogen functional groups attached to an aromatic ring is 1. The van der Waals surface area contributed by atoms with Gasteiger partial charge in [0, 0.05) is 24.3 Å². The fourth-order valence-electron chi connectivity index (χ4n) is 2.19. The third kappa shape index (κ3) is 2.49. The van der Waals surface area contributed by atoms with E-state index in [2.05, 4.69) is 20.9 Å². The lowest BCUT2D eigenvalue weighted by atomic mass is 10.1. The summed E-state index contributed by atoms with van der Waals surface area (Å²) >= 11 is 3.30. The fourth-order valence-corrected chi connectivity index (χ4v) is 2.52. The molecule has 2 N–H and O–H groups in total. The normalized spacial score (nSPS) is 23.1. The van der Waals surface area contributed by atoms with E-state index < -0.39 is 0 Å². The van der Waals surface area contributed by atoms with Crippen LogP contribution in [0.3, 0.4) is 0 Å². The minimum atomic E-state index is -0.122. The molecule has 0 spiro atoms. The van der Waals surface area contributed by atoms with Gasteiger partial charge in [-0.3, -0.25) is 4.79 Å². The highest BCUT2D eigenvalue weighted by molar-refractivity contribution is 9.10. The van der Waals surface area contributed by atoms with Gasteiger partial charge in [0.25, 0.3) is 5.91 Å². The average Bonchev–Trinajstić information content (AvgIpc) is 2.77. The summed E-state index contributed by atoms with van der Waals surface area (Å²) in [5, 5.41) is 0. The van der Waals surface area contributed by atoms with Crippen molar-refractivity contribution in [1.82, 2.24) is 9.88 Å². The maximum absolute atomic E-state index is 12.4. The monoisotopic (exact) mass is 313 g/mol. The highest BCUT2D eigenvalue weighted by Crippen LogP contribution is 2.22. The van der Waals surface area contributed by atoms with Gasteiger partial charge in [0.05, 0.1) is 17.7 Å². The van der Waals surface area contributed by atoms with Crippen LogP contribution in [0.1, 0.15) is 23.7 Å². The van der Waals surface area contributed by atoms with Crippen LogP contribution in [0.25, 0.3) is 0 Å². The Balaban J connectivity index is 2.22. The third-order valence-electron chi connectivity index (χ3n) is 3.27. The topological polar surface area (TPSA) is 68.5 Å². The smallest absolute Gasteiger partial charge is 0.257 e. The largest absolute Gasteiger partial charge is 0.383 e. The molecule has 1 aliphatic heterocycles. The van der Waals surface area contributed by atoms with Gasteiger partial charge in [0.15, 0.2) is 0 Å². The van der Waals surface area contributed by atoms with E-state index in [1.54, 1.807) is 24.2 Å². The third-order valence-corrected chi connectivity index (χ3v) is 3.70. The molecule has 2 rings (SSSR count). The van der Waals surface area contributed by atoms with Gasteiger partial charge < -0.3 is 15.4 Å². The Bertz CT molecular complexity index is 467. The Labute approximate surface area is 114 Å². The van der Waals surface area contributed by atoms with Crippen molar-refractivity contribution in [2.24, 2.45) is 0 Å². The summed E-state index contributed by atoms with van der Waals surface area (Å²) in [5.41, 5.74) is 6.17.